The van der Waals surface area contributed by atoms with Crippen LogP contribution in [0.5, 0.6) is 0 Å². The molecule has 0 aromatic carbocycles. The Kier molecular flexibility index (Phi) is 4.90. The third kappa shape index (κ3) is 3.56. The summed E-state index contributed by atoms with van der Waals surface area (Å²) < 4.78 is 6.13. The second-order valence-corrected chi connectivity index (χ2v) is 7.48. The molecule has 2 aromatic rings. The maximum Gasteiger partial charge on any atom is 0.317 e. The number of aromatic nitrogens is 1. The van der Waals surface area contributed by atoms with Crippen molar-refractivity contribution in [3.05, 3.63) is 38.3 Å². The summed E-state index contributed by atoms with van der Waals surface area (Å²) in [7, 11) is 0. The summed E-state index contributed by atoms with van der Waals surface area (Å²) >= 11 is 13.2. The maximum atomic E-state index is 12.2. The van der Waals surface area contributed by atoms with Crippen LogP contribution in [0.25, 0.3) is 0 Å². The van der Waals surface area contributed by atoms with Gasteiger partial charge in [0.25, 0.3) is 0 Å². The van der Waals surface area contributed by atoms with Crippen molar-refractivity contribution in [3.63, 3.8) is 0 Å². The largest absolute Gasteiger partial charge is 0.365 e. The Morgan fingerprint density at radius 1 is 1.45 bits per heavy atom. The Morgan fingerprint density at radius 2 is 2.23 bits per heavy atom. The Balaban J connectivity index is 1.49. The summed E-state index contributed by atoms with van der Waals surface area (Å²) in [4.78, 5) is 14.0. The molecule has 0 spiro atoms. The molecule has 1 fully saturated rings. The van der Waals surface area contributed by atoms with Crippen LogP contribution in [0.1, 0.15) is 30.0 Å². The van der Waals surface area contributed by atoms with Gasteiger partial charge in [0.2, 0.25) is 0 Å². The Bertz CT molecular complexity index is 637. The number of carbonyl (C=O) groups excluding carboxylic acids is 1. The third-order valence-corrected chi connectivity index (χ3v) is 5.38. The lowest BCUT2D eigenvalue weighted by atomic mass is 9.94. The van der Waals surface area contributed by atoms with Crippen LogP contribution in [0.4, 0.5) is 4.79 Å². The summed E-state index contributed by atoms with van der Waals surface area (Å²) in [6.45, 7) is 1.81. The molecule has 1 aliphatic heterocycles. The van der Waals surface area contributed by atoms with Crippen molar-refractivity contribution in [3.8, 4) is 0 Å². The number of nitrogens with one attached hydrogen (secondary N) is 1. The first-order valence-corrected chi connectivity index (χ1v) is 8.57. The maximum absolute atomic E-state index is 12.2. The van der Waals surface area contributed by atoms with Gasteiger partial charge in [-0.1, -0.05) is 28.4 Å². The molecule has 0 aliphatic carbocycles. The van der Waals surface area contributed by atoms with Gasteiger partial charge in [-0.3, -0.25) is 0 Å². The minimum absolute atomic E-state index is 0.0722. The van der Waals surface area contributed by atoms with E-state index in [-0.39, 0.29) is 6.03 Å². The number of halogens is 2. The summed E-state index contributed by atoms with van der Waals surface area (Å²) in [5.74, 6) is 0.368. The molecule has 1 N–H and O–H groups in total. The molecule has 0 unspecified atom stereocenters. The molecule has 0 radical (unpaired) electrons. The van der Waals surface area contributed by atoms with E-state index in [1.165, 1.54) is 11.3 Å². The summed E-state index contributed by atoms with van der Waals surface area (Å²) in [5.41, 5.74) is 1.82. The van der Waals surface area contributed by atoms with Crippen LogP contribution in [0.3, 0.4) is 0 Å². The zero-order chi connectivity index (χ0) is 15.5. The molecule has 0 saturated carbocycles. The second kappa shape index (κ2) is 6.89. The number of nitrogens with zero attached hydrogens (tertiary/aromatic N) is 2. The van der Waals surface area contributed by atoms with E-state index in [2.05, 4.69) is 10.5 Å². The van der Waals surface area contributed by atoms with E-state index in [0.717, 1.165) is 24.1 Å². The van der Waals surface area contributed by atoms with Crippen LogP contribution in [0, 0.1) is 0 Å². The predicted molar refractivity (Wildman–Crippen MR) is 86.6 cm³/mol. The number of thiophene rings is 1. The number of urea groups is 1. The van der Waals surface area contributed by atoms with Crippen LogP contribution >= 0.6 is 34.5 Å². The second-order valence-electron chi connectivity index (χ2n) is 5.19. The fourth-order valence-electron chi connectivity index (χ4n) is 2.59. The molecule has 5 nitrogen and oxygen atoms in total. The Morgan fingerprint density at radius 3 is 2.82 bits per heavy atom. The highest BCUT2D eigenvalue weighted by molar-refractivity contribution is 7.20. The van der Waals surface area contributed by atoms with E-state index < -0.39 is 0 Å². The monoisotopic (exact) mass is 359 g/mol. The van der Waals surface area contributed by atoms with Crippen molar-refractivity contribution in [2.24, 2.45) is 0 Å². The standard InChI is InChI=1S/C14H15Cl2N3O2S/c15-12-7-10(13(16)22-12)8-17-14(20)19-4-1-9(2-5-19)11-3-6-21-18-11/h3,6-7,9H,1-2,4-5,8H2,(H,17,20). The topological polar surface area (TPSA) is 58.4 Å². The first-order chi connectivity index (χ1) is 10.6. The van der Waals surface area contributed by atoms with Gasteiger partial charge in [0.05, 0.1) is 14.4 Å². The highest BCUT2D eigenvalue weighted by Crippen LogP contribution is 2.31. The van der Waals surface area contributed by atoms with Gasteiger partial charge >= 0.3 is 6.03 Å². The van der Waals surface area contributed by atoms with E-state index in [1.54, 1.807) is 12.3 Å². The first kappa shape index (κ1) is 15.6. The van der Waals surface area contributed by atoms with Crippen LogP contribution in [-0.4, -0.2) is 29.2 Å². The lowest BCUT2D eigenvalue weighted by molar-refractivity contribution is 0.180. The zero-order valence-corrected chi connectivity index (χ0v) is 14.0. The van der Waals surface area contributed by atoms with Gasteiger partial charge in [0, 0.05) is 37.2 Å². The highest BCUT2D eigenvalue weighted by Gasteiger charge is 2.25. The molecule has 0 bridgehead atoms. The molecule has 22 heavy (non-hydrogen) atoms. The molecule has 1 saturated heterocycles. The summed E-state index contributed by atoms with van der Waals surface area (Å²) in [6, 6.07) is 3.60. The Hall–Kier alpha value is -1.24. The van der Waals surface area contributed by atoms with Gasteiger partial charge in [-0.25, -0.2) is 4.79 Å². The van der Waals surface area contributed by atoms with Crippen molar-refractivity contribution in [2.75, 3.05) is 13.1 Å². The third-order valence-electron chi connectivity index (χ3n) is 3.82. The normalized spacial score (nSPS) is 16.0. The van der Waals surface area contributed by atoms with Crippen molar-refractivity contribution in [1.82, 2.24) is 15.4 Å². The van der Waals surface area contributed by atoms with Gasteiger partial charge < -0.3 is 14.7 Å². The molecule has 1 aliphatic rings. The molecule has 2 amide bonds. The number of hydrogen-bond acceptors (Lipinski definition) is 4. The molecule has 2 aromatic heterocycles. The molecule has 118 valence electrons. The van der Waals surface area contributed by atoms with Crippen molar-refractivity contribution < 1.29 is 9.32 Å². The van der Waals surface area contributed by atoms with Gasteiger partial charge in [-0.2, -0.15) is 0 Å². The number of carbonyl (C=O) groups is 1. The summed E-state index contributed by atoms with van der Waals surface area (Å²) in [5, 5.41) is 6.87. The van der Waals surface area contributed by atoms with Crippen molar-refractivity contribution in [2.45, 2.75) is 25.3 Å². The number of rotatable bonds is 3. The van der Waals surface area contributed by atoms with Crippen LogP contribution in [0.2, 0.25) is 8.67 Å². The average molecular weight is 360 g/mol. The minimum atomic E-state index is -0.0722. The Labute approximate surface area is 142 Å². The molecule has 0 atom stereocenters. The van der Waals surface area contributed by atoms with Crippen LogP contribution in [0.15, 0.2) is 22.9 Å². The van der Waals surface area contributed by atoms with E-state index >= 15 is 0 Å². The number of piperidine rings is 1. The van der Waals surface area contributed by atoms with Crippen LogP contribution in [-0.2, 0) is 6.54 Å². The smallest absolute Gasteiger partial charge is 0.317 e. The fourth-order valence-corrected chi connectivity index (χ4v) is 4.08. The molecule has 8 heteroatoms. The van der Waals surface area contributed by atoms with E-state index in [0.29, 0.717) is 34.2 Å². The molecule has 3 heterocycles. The average Bonchev–Trinajstić information content (AvgIpc) is 3.15. The van der Waals surface area contributed by atoms with E-state index in [9.17, 15) is 4.79 Å². The lowest BCUT2D eigenvalue weighted by Crippen LogP contribution is -2.43. The zero-order valence-electron chi connectivity index (χ0n) is 11.7. The minimum Gasteiger partial charge on any atom is -0.365 e. The highest BCUT2D eigenvalue weighted by atomic mass is 35.5. The quantitative estimate of drug-likeness (QED) is 0.895. The first-order valence-electron chi connectivity index (χ1n) is 7.00. The van der Waals surface area contributed by atoms with E-state index in [1.807, 2.05) is 11.0 Å². The van der Waals surface area contributed by atoms with Crippen LogP contribution < -0.4 is 5.32 Å². The predicted octanol–water partition coefficient (Wildman–Crippen LogP) is 4.13. The number of amides is 2. The summed E-state index contributed by atoms with van der Waals surface area (Å²) in [6.07, 6.45) is 3.38. The SMILES string of the molecule is O=C(NCc1cc(Cl)sc1Cl)N1CCC(c2ccon2)CC1. The molecular formula is C14H15Cl2N3O2S. The molecular weight excluding hydrogens is 345 g/mol. The van der Waals surface area contributed by atoms with Gasteiger partial charge in [0.15, 0.2) is 0 Å². The number of hydrogen-bond donors (Lipinski definition) is 1. The number of likely N-dealkylation sites (tertiary alicyclic amines) is 1. The van der Waals surface area contributed by atoms with Crippen molar-refractivity contribution in [1.29, 1.82) is 0 Å². The van der Waals surface area contributed by atoms with Gasteiger partial charge in [-0.05, 0) is 18.9 Å². The van der Waals surface area contributed by atoms with Gasteiger partial charge in [-0.15, -0.1) is 11.3 Å². The van der Waals surface area contributed by atoms with E-state index in [4.69, 9.17) is 27.7 Å². The molecule has 3 rings (SSSR count). The van der Waals surface area contributed by atoms with Gasteiger partial charge in [0.1, 0.15) is 6.26 Å². The fraction of sp³-hybridized carbons (Fsp3) is 0.429. The van der Waals surface area contributed by atoms with Crippen molar-refractivity contribution >= 4 is 40.6 Å². The lowest BCUT2D eigenvalue weighted by Gasteiger charge is -2.31.